The number of hydrazone groups is 1. The number of anilines is 3. The van der Waals surface area contributed by atoms with Crippen LogP contribution >= 0.6 is 0 Å². The standard InChI is InChI=1S/C39H29N5/c40-35-23-27(28-16-20-34-33-11-5-7-13-38(33)44(39(34)24-28)32-9-2-1-3-10-32)17-21-37(35)43-42-31-18-14-26(15-19-31)30-22-29-8-4-6-12-36(29)41-25-30/h1-25,34,39-40,42H/b40-35?,43-37-. The van der Waals surface area contributed by atoms with Crippen LogP contribution in [0, 0.1) is 5.41 Å². The lowest BCUT2D eigenvalue weighted by Gasteiger charge is -2.30. The summed E-state index contributed by atoms with van der Waals surface area (Å²) >= 11 is 0. The van der Waals surface area contributed by atoms with Crippen molar-refractivity contribution >= 4 is 39.4 Å². The zero-order chi connectivity index (χ0) is 29.5. The number of para-hydroxylation sites is 3. The van der Waals surface area contributed by atoms with Crippen LogP contribution in [0.2, 0.25) is 0 Å². The van der Waals surface area contributed by atoms with Crippen molar-refractivity contribution in [3.05, 3.63) is 169 Å². The number of benzene rings is 4. The summed E-state index contributed by atoms with van der Waals surface area (Å²) in [5.41, 5.74) is 14.0. The van der Waals surface area contributed by atoms with E-state index in [1.54, 1.807) is 0 Å². The number of nitrogens with zero attached hydrogens (tertiary/aromatic N) is 3. The summed E-state index contributed by atoms with van der Waals surface area (Å²) in [6.45, 7) is 0. The first-order valence-electron chi connectivity index (χ1n) is 14.8. The summed E-state index contributed by atoms with van der Waals surface area (Å²) < 4.78 is 0. The SMILES string of the molecule is N=C1C=C(C2=CC3C(C=C2)c2ccccc2N3c2ccccc2)C=C/C1=N/Nc1ccc(-c2cnc3ccccc3c2)cc1. The van der Waals surface area contributed by atoms with Gasteiger partial charge in [-0.2, -0.15) is 5.10 Å². The highest BCUT2D eigenvalue weighted by Gasteiger charge is 2.38. The van der Waals surface area contributed by atoms with Gasteiger partial charge in [-0.1, -0.05) is 91.0 Å². The highest BCUT2D eigenvalue weighted by molar-refractivity contribution is 6.50. The first kappa shape index (κ1) is 25.9. The predicted octanol–water partition coefficient (Wildman–Crippen LogP) is 8.99. The van der Waals surface area contributed by atoms with E-state index in [0.29, 0.717) is 11.4 Å². The second-order valence-electron chi connectivity index (χ2n) is 11.2. The van der Waals surface area contributed by atoms with Gasteiger partial charge in [0.05, 0.1) is 23.0 Å². The summed E-state index contributed by atoms with van der Waals surface area (Å²) in [5, 5.41) is 14.4. The Morgan fingerprint density at radius 3 is 2.41 bits per heavy atom. The van der Waals surface area contributed by atoms with Crippen LogP contribution in [0.4, 0.5) is 17.1 Å². The van der Waals surface area contributed by atoms with E-state index in [1.165, 1.54) is 16.9 Å². The van der Waals surface area contributed by atoms with E-state index in [0.717, 1.165) is 38.9 Å². The van der Waals surface area contributed by atoms with Crippen LogP contribution in [0.1, 0.15) is 11.5 Å². The van der Waals surface area contributed by atoms with Crippen molar-refractivity contribution in [2.45, 2.75) is 12.0 Å². The minimum absolute atomic E-state index is 0.170. The lowest BCUT2D eigenvalue weighted by molar-refractivity contribution is 0.740. The zero-order valence-corrected chi connectivity index (χ0v) is 23.9. The molecular formula is C39H29N5. The first-order chi connectivity index (χ1) is 21.7. The molecule has 2 aliphatic carbocycles. The molecule has 1 aromatic heterocycles. The van der Waals surface area contributed by atoms with Gasteiger partial charge in [-0.05, 0) is 76.9 Å². The van der Waals surface area contributed by atoms with Crippen molar-refractivity contribution in [2.24, 2.45) is 5.10 Å². The minimum Gasteiger partial charge on any atom is -0.333 e. The smallest absolute Gasteiger partial charge is 0.108 e. The van der Waals surface area contributed by atoms with E-state index in [-0.39, 0.29) is 12.0 Å². The Kier molecular flexibility index (Phi) is 6.34. The summed E-state index contributed by atoms with van der Waals surface area (Å²) in [6, 6.07) is 37.8. The molecule has 5 heteroatoms. The molecule has 0 amide bonds. The van der Waals surface area contributed by atoms with Gasteiger partial charge in [0, 0.05) is 34.4 Å². The molecule has 0 spiro atoms. The van der Waals surface area contributed by atoms with E-state index >= 15 is 0 Å². The van der Waals surface area contributed by atoms with Crippen LogP contribution in [0.3, 0.4) is 0 Å². The lowest BCUT2D eigenvalue weighted by atomic mass is 9.85. The fourth-order valence-electron chi connectivity index (χ4n) is 6.33. The third kappa shape index (κ3) is 4.65. The van der Waals surface area contributed by atoms with Crippen LogP contribution in [0.15, 0.2) is 168 Å². The molecule has 210 valence electrons. The molecule has 2 N–H and O–H groups in total. The number of allylic oxidation sites excluding steroid dienone is 6. The zero-order valence-electron chi connectivity index (χ0n) is 23.9. The summed E-state index contributed by atoms with van der Waals surface area (Å²) in [5.74, 6) is 0.285. The third-order valence-corrected chi connectivity index (χ3v) is 8.53. The summed E-state index contributed by atoms with van der Waals surface area (Å²) in [6.07, 6.45) is 14.6. The Morgan fingerprint density at radius 2 is 1.55 bits per heavy atom. The molecule has 8 rings (SSSR count). The molecule has 0 bridgehead atoms. The normalized spacial score (nSPS) is 19.5. The van der Waals surface area contributed by atoms with Gasteiger partial charge in [-0.3, -0.25) is 15.8 Å². The molecule has 0 saturated carbocycles. The van der Waals surface area contributed by atoms with Crippen molar-refractivity contribution in [3.63, 3.8) is 0 Å². The Balaban J connectivity index is 0.992. The van der Waals surface area contributed by atoms with E-state index in [2.05, 4.69) is 124 Å². The van der Waals surface area contributed by atoms with Gasteiger partial charge >= 0.3 is 0 Å². The van der Waals surface area contributed by atoms with Crippen molar-refractivity contribution in [3.8, 4) is 11.1 Å². The second-order valence-corrected chi connectivity index (χ2v) is 11.2. The first-order valence-corrected chi connectivity index (χ1v) is 14.8. The number of hydrogen-bond donors (Lipinski definition) is 2. The number of fused-ring (bicyclic) bond motifs is 4. The average molecular weight is 568 g/mol. The fraction of sp³-hybridized carbons (Fsp3) is 0.0513. The highest BCUT2D eigenvalue weighted by Crippen LogP contribution is 2.48. The molecule has 2 heterocycles. The van der Waals surface area contributed by atoms with Gasteiger partial charge in [0.1, 0.15) is 5.71 Å². The average Bonchev–Trinajstić information content (AvgIpc) is 3.42. The topological polar surface area (TPSA) is 64.4 Å². The van der Waals surface area contributed by atoms with Crippen molar-refractivity contribution in [1.29, 1.82) is 5.41 Å². The van der Waals surface area contributed by atoms with E-state index in [1.807, 2.05) is 48.7 Å². The van der Waals surface area contributed by atoms with Gasteiger partial charge in [-0.15, -0.1) is 0 Å². The molecule has 0 saturated heterocycles. The van der Waals surface area contributed by atoms with Crippen molar-refractivity contribution in [1.82, 2.24) is 4.98 Å². The molecule has 4 aromatic carbocycles. The molecule has 2 unspecified atom stereocenters. The van der Waals surface area contributed by atoms with Crippen LogP contribution in [0.25, 0.3) is 22.0 Å². The summed E-state index contributed by atoms with van der Waals surface area (Å²) in [4.78, 5) is 7.01. The van der Waals surface area contributed by atoms with E-state index in [4.69, 9.17) is 5.41 Å². The number of nitrogens with one attached hydrogen (secondary N) is 2. The van der Waals surface area contributed by atoms with Crippen LogP contribution in [-0.2, 0) is 0 Å². The monoisotopic (exact) mass is 567 g/mol. The Morgan fingerprint density at radius 1 is 0.750 bits per heavy atom. The number of aromatic nitrogens is 1. The molecular weight excluding hydrogens is 538 g/mol. The molecule has 0 fully saturated rings. The number of hydrogen-bond acceptors (Lipinski definition) is 5. The van der Waals surface area contributed by atoms with Crippen LogP contribution in [-0.4, -0.2) is 22.4 Å². The minimum atomic E-state index is 0.170. The lowest BCUT2D eigenvalue weighted by Crippen LogP contribution is -2.29. The van der Waals surface area contributed by atoms with Crippen LogP contribution < -0.4 is 10.3 Å². The maximum absolute atomic E-state index is 8.73. The van der Waals surface area contributed by atoms with E-state index < -0.39 is 0 Å². The van der Waals surface area contributed by atoms with Gasteiger partial charge in [0.2, 0.25) is 0 Å². The summed E-state index contributed by atoms with van der Waals surface area (Å²) in [7, 11) is 0. The molecule has 5 nitrogen and oxygen atoms in total. The number of pyridine rings is 1. The Labute approximate surface area is 256 Å². The third-order valence-electron chi connectivity index (χ3n) is 8.53. The largest absolute Gasteiger partial charge is 0.333 e. The maximum atomic E-state index is 8.73. The molecule has 3 aliphatic rings. The highest BCUT2D eigenvalue weighted by atomic mass is 15.3. The van der Waals surface area contributed by atoms with E-state index in [9.17, 15) is 0 Å². The molecule has 1 aliphatic heterocycles. The van der Waals surface area contributed by atoms with Gasteiger partial charge in [-0.25, -0.2) is 0 Å². The van der Waals surface area contributed by atoms with Gasteiger partial charge < -0.3 is 4.90 Å². The number of rotatable bonds is 5. The molecule has 44 heavy (non-hydrogen) atoms. The quantitative estimate of drug-likeness (QED) is 0.165. The maximum Gasteiger partial charge on any atom is 0.108 e. The Bertz CT molecular complexity index is 2070. The molecule has 2 atom stereocenters. The van der Waals surface area contributed by atoms with Gasteiger partial charge in [0.15, 0.2) is 0 Å². The molecule has 5 aromatic rings. The predicted molar refractivity (Wildman–Crippen MR) is 182 cm³/mol. The van der Waals surface area contributed by atoms with Crippen LogP contribution in [0.5, 0.6) is 0 Å². The van der Waals surface area contributed by atoms with Gasteiger partial charge in [0.25, 0.3) is 0 Å². The van der Waals surface area contributed by atoms with Crippen molar-refractivity contribution in [2.75, 3.05) is 10.3 Å². The fourth-order valence-corrected chi connectivity index (χ4v) is 6.33. The molecule has 0 radical (unpaired) electrons. The Hall–Kier alpha value is -5.81. The van der Waals surface area contributed by atoms with Crippen molar-refractivity contribution < 1.29 is 0 Å². The second kappa shape index (κ2) is 10.8.